The molecule has 4 heteroatoms. The lowest BCUT2D eigenvalue weighted by atomic mass is 10.1. The molecule has 0 atom stereocenters. The summed E-state index contributed by atoms with van der Waals surface area (Å²) in [6, 6.07) is 10.1. The molecule has 0 spiro atoms. The number of aromatic nitrogens is 1. The Balaban J connectivity index is 1.71. The fraction of sp³-hybridized carbons (Fsp3) is 0.375. The van der Waals surface area contributed by atoms with E-state index in [0.29, 0.717) is 19.4 Å². The minimum absolute atomic E-state index is 0.0703. The Labute approximate surface area is 119 Å². The Bertz CT molecular complexity index is 542. The molecule has 1 heterocycles. The molecule has 0 saturated heterocycles. The number of hydrogen-bond acceptors (Lipinski definition) is 3. The molecule has 0 aliphatic carbocycles. The summed E-state index contributed by atoms with van der Waals surface area (Å²) in [7, 11) is 0. The molecule has 0 saturated carbocycles. The van der Waals surface area contributed by atoms with Gasteiger partial charge in [0.05, 0.1) is 5.69 Å². The zero-order valence-electron chi connectivity index (χ0n) is 12.0. The molecular weight excluding hydrogens is 252 g/mol. The van der Waals surface area contributed by atoms with Crippen LogP contribution in [0.25, 0.3) is 0 Å². The molecule has 1 aromatic carbocycles. The maximum atomic E-state index is 11.8. The van der Waals surface area contributed by atoms with Crippen molar-refractivity contribution in [2.45, 2.75) is 33.1 Å². The van der Waals surface area contributed by atoms with Crippen molar-refractivity contribution in [2.75, 3.05) is 6.54 Å². The van der Waals surface area contributed by atoms with Crippen molar-refractivity contribution < 1.29 is 9.32 Å². The van der Waals surface area contributed by atoms with Gasteiger partial charge in [-0.1, -0.05) is 35.5 Å². The van der Waals surface area contributed by atoms with Gasteiger partial charge < -0.3 is 9.84 Å². The van der Waals surface area contributed by atoms with Crippen molar-refractivity contribution in [3.05, 3.63) is 52.9 Å². The Kier molecular flexibility index (Phi) is 4.93. The van der Waals surface area contributed by atoms with E-state index in [1.807, 2.05) is 32.0 Å². The maximum Gasteiger partial charge on any atom is 0.220 e. The monoisotopic (exact) mass is 272 g/mol. The van der Waals surface area contributed by atoms with E-state index in [2.05, 4.69) is 22.6 Å². The summed E-state index contributed by atoms with van der Waals surface area (Å²) in [5.74, 6) is 0.875. The number of nitrogens with zero attached hydrogens (tertiary/aromatic N) is 1. The third-order valence-corrected chi connectivity index (χ3v) is 3.36. The van der Waals surface area contributed by atoms with E-state index in [4.69, 9.17) is 4.52 Å². The Hall–Kier alpha value is -2.10. The highest BCUT2D eigenvalue weighted by molar-refractivity contribution is 5.76. The normalized spacial score (nSPS) is 10.5. The Morgan fingerprint density at radius 1 is 1.20 bits per heavy atom. The molecular formula is C16H20N2O2. The molecule has 0 radical (unpaired) electrons. The summed E-state index contributed by atoms with van der Waals surface area (Å²) >= 11 is 0. The molecule has 1 N–H and O–H groups in total. The van der Waals surface area contributed by atoms with Crippen LogP contribution in [0.5, 0.6) is 0 Å². The van der Waals surface area contributed by atoms with Gasteiger partial charge in [0.1, 0.15) is 5.76 Å². The fourth-order valence-electron chi connectivity index (χ4n) is 2.18. The molecule has 106 valence electrons. The first kappa shape index (κ1) is 14.3. The Morgan fingerprint density at radius 2 is 1.95 bits per heavy atom. The third kappa shape index (κ3) is 3.95. The highest BCUT2D eigenvalue weighted by Crippen LogP contribution is 2.14. The predicted octanol–water partition coefficient (Wildman–Crippen LogP) is 2.58. The van der Waals surface area contributed by atoms with Gasteiger partial charge in [-0.15, -0.1) is 0 Å². The average Bonchev–Trinajstić information content (AvgIpc) is 2.77. The summed E-state index contributed by atoms with van der Waals surface area (Å²) in [6.07, 6.45) is 2.01. The number of carbonyl (C=O) groups excluding carboxylic acids is 1. The zero-order valence-corrected chi connectivity index (χ0v) is 12.0. The SMILES string of the molecule is Cc1noc(C)c1CCC(=O)NCCc1ccccc1. The average molecular weight is 272 g/mol. The number of carbonyl (C=O) groups is 1. The van der Waals surface area contributed by atoms with Gasteiger partial charge in [-0.05, 0) is 32.3 Å². The summed E-state index contributed by atoms with van der Waals surface area (Å²) < 4.78 is 5.08. The number of nitrogens with one attached hydrogen (secondary N) is 1. The molecule has 1 amide bonds. The van der Waals surface area contributed by atoms with E-state index >= 15 is 0 Å². The summed E-state index contributed by atoms with van der Waals surface area (Å²) in [4.78, 5) is 11.8. The molecule has 0 aliphatic heterocycles. The highest BCUT2D eigenvalue weighted by Gasteiger charge is 2.10. The zero-order chi connectivity index (χ0) is 14.4. The van der Waals surface area contributed by atoms with Crippen LogP contribution < -0.4 is 5.32 Å². The highest BCUT2D eigenvalue weighted by atomic mass is 16.5. The largest absolute Gasteiger partial charge is 0.361 e. The number of hydrogen-bond donors (Lipinski definition) is 1. The lowest BCUT2D eigenvalue weighted by molar-refractivity contribution is -0.121. The first-order valence-corrected chi connectivity index (χ1v) is 6.89. The number of aryl methyl sites for hydroxylation is 2. The lowest BCUT2D eigenvalue weighted by Crippen LogP contribution is -2.25. The lowest BCUT2D eigenvalue weighted by Gasteiger charge is -2.05. The van der Waals surface area contributed by atoms with Crippen molar-refractivity contribution in [1.82, 2.24) is 10.5 Å². The van der Waals surface area contributed by atoms with Gasteiger partial charge in [-0.25, -0.2) is 0 Å². The number of rotatable bonds is 6. The molecule has 4 nitrogen and oxygen atoms in total. The van der Waals surface area contributed by atoms with Crippen LogP contribution in [0.15, 0.2) is 34.9 Å². The first-order valence-electron chi connectivity index (χ1n) is 6.89. The van der Waals surface area contributed by atoms with Crippen LogP contribution in [-0.4, -0.2) is 17.6 Å². The molecule has 20 heavy (non-hydrogen) atoms. The molecule has 0 aliphatic rings. The second kappa shape index (κ2) is 6.89. The molecule has 0 fully saturated rings. The van der Waals surface area contributed by atoms with Crippen LogP contribution >= 0.6 is 0 Å². The molecule has 1 aromatic heterocycles. The van der Waals surface area contributed by atoms with Gasteiger partial charge in [0.25, 0.3) is 0 Å². The molecule has 2 rings (SSSR count). The smallest absolute Gasteiger partial charge is 0.220 e. The number of benzene rings is 1. The molecule has 0 bridgehead atoms. The van der Waals surface area contributed by atoms with Crippen LogP contribution in [-0.2, 0) is 17.6 Å². The van der Waals surface area contributed by atoms with Gasteiger partial charge in [-0.3, -0.25) is 4.79 Å². The maximum absolute atomic E-state index is 11.8. The van der Waals surface area contributed by atoms with Crippen molar-refractivity contribution in [1.29, 1.82) is 0 Å². The molecule has 0 unspecified atom stereocenters. The third-order valence-electron chi connectivity index (χ3n) is 3.36. The van der Waals surface area contributed by atoms with Crippen LogP contribution in [0.1, 0.15) is 29.0 Å². The van der Waals surface area contributed by atoms with Crippen LogP contribution in [0.2, 0.25) is 0 Å². The fourth-order valence-corrected chi connectivity index (χ4v) is 2.18. The van der Waals surface area contributed by atoms with Crippen molar-refractivity contribution in [2.24, 2.45) is 0 Å². The standard InChI is InChI=1S/C16H20N2O2/c1-12-15(13(2)20-18-12)8-9-16(19)17-11-10-14-6-4-3-5-7-14/h3-7H,8-11H2,1-2H3,(H,17,19). The summed E-state index contributed by atoms with van der Waals surface area (Å²) in [6.45, 7) is 4.45. The molecule has 2 aromatic rings. The van der Waals surface area contributed by atoms with E-state index in [-0.39, 0.29) is 5.91 Å². The Morgan fingerprint density at radius 3 is 2.60 bits per heavy atom. The van der Waals surface area contributed by atoms with Crippen molar-refractivity contribution in [3.8, 4) is 0 Å². The van der Waals surface area contributed by atoms with E-state index in [1.165, 1.54) is 5.56 Å². The van der Waals surface area contributed by atoms with Gasteiger partial charge in [0.15, 0.2) is 0 Å². The minimum atomic E-state index is 0.0703. The van der Waals surface area contributed by atoms with E-state index < -0.39 is 0 Å². The quantitative estimate of drug-likeness (QED) is 0.879. The predicted molar refractivity (Wildman–Crippen MR) is 77.5 cm³/mol. The summed E-state index contributed by atoms with van der Waals surface area (Å²) in [5, 5.41) is 6.83. The van der Waals surface area contributed by atoms with Crippen molar-refractivity contribution in [3.63, 3.8) is 0 Å². The van der Waals surface area contributed by atoms with Gasteiger partial charge >= 0.3 is 0 Å². The van der Waals surface area contributed by atoms with Gasteiger partial charge in [-0.2, -0.15) is 0 Å². The first-order chi connectivity index (χ1) is 9.66. The van der Waals surface area contributed by atoms with Crippen molar-refractivity contribution >= 4 is 5.91 Å². The van der Waals surface area contributed by atoms with Crippen LogP contribution in [0.4, 0.5) is 0 Å². The summed E-state index contributed by atoms with van der Waals surface area (Å²) in [5.41, 5.74) is 3.15. The second-order valence-electron chi connectivity index (χ2n) is 4.89. The topological polar surface area (TPSA) is 55.1 Å². The second-order valence-corrected chi connectivity index (χ2v) is 4.89. The minimum Gasteiger partial charge on any atom is -0.361 e. The van der Waals surface area contributed by atoms with Gasteiger partial charge in [0, 0.05) is 18.5 Å². The van der Waals surface area contributed by atoms with E-state index in [9.17, 15) is 4.79 Å². The van der Waals surface area contributed by atoms with Crippen LogP contribution in [0, 0.1) is 13.8 Å². The van der Waals surface area contributed by atoms with E-state index in [1.54, 1.807) is 0 Å². The van der Waals surface area contributed by atoms with E-state index in [0.717, 1.165) is 23.4 Å². The van der Waals surface area contributed by atoms with Gasteiger partial charge in [0.2, 0.25) is 5.91 Å². The number of amides is 1. The van der Waals surface area contributed by atoms with Crippen LogP contribution in [0.3, 0.4) is 0 Å².